The van der Waals surface area contributed by atoms with Gasteiger partial charge in [-0.2, -0.15) is 0 Å². The second kappa shape index (κ2) is 9.18. The molecule has 4 aromatic rings. The predicted molar refractivity (Wildman–Crippen MR) is 133 cm³/mol. The molecule has 0 aliphatic carbocycles. The Labute approximate surface area is 203 Å². The Morgan fingerprint density at radius 1 is 1.06 bits per heavy atom. The molecule has 1 aromatic heterocycles. The molecule has 0 radical (unpaired) electrons. The number of thiazole rings is 1. The van der Waals surface area contributed by atoms with E-state index < -0.39 is 22.5 Å². The number of fused-ring (bicyclic) bond motifs is 1. The molecule has 0 aliphatic heterocycles. The topological polar surface area (TPSA) is 88.5 Å². The summed E-state index contributed by atoms with van der Waals surface area (Å²) < 4.78 is 30.0. The maximum absolute atomic E-state index is 13.4. The first-order valence-electron chi connectivity index (χ1n) is 9.59. The van der Waals surface area contributed by atoms with Crippen LogP contribution < -0.4 is 14.5 Å². The number of carbonyl (C=O) groups is 1. The Bertz CT molecular complexity index is 1520. The maximum Gasteiger partial charge on any atom is 0.307 e. The number of sulfonamides is 1. The van der Waals surface area contributed by atoms with E-state index in [0.29, 0.717) is 10.4 Å². The predicted octanol–water partition coefficient (Wildman–Crippen LogP) is 4.74. The number of amides is 1. The Morgan fingerprint density at radius 3 is 2.52 bits per heavy atom. The minimum atomic E-state index is -4.13. The number of halogens is 2. The summed E-state index contributed by atoms with van der Waals surface area (Å²) in [5.74, 6) is -0.590. The highest BCUT2D eigenvalue weighted by molar-refractivity contribution is 7.92. The van der Waals surface area contributed by atoms with E-state index in [4.69, 9.17) is 23.2 Å². The zero-order valence-corrected chi connectivity index (χ0v) is 20.3. The summed E-state index contributed by atoms with van der Waals surface area (Å²) in [4.78, 5) is 24.7. The van der Waals surface area contributed by atoms with Crippen LogP contribution in [0.1, 0.15) is 0 Å². The molecule has 0 fully saturated rings. The van der Waals surface area contributed by atoms with Crippen molar-refractivity contribution in [2.45, 2.75) is 4.90 Å². The quantitative estimate of drug-likeness (QED) is 0.396. The van der Waals surface area contributed by atoms with E-state index in [1.54, 1.807) is 43.4 Å². The molecule has 4 rings (SSSR count). The average Bonchev–Trinajstić information content (AvgIpc) is 3.07. The summed E-state index contributed by atoms with van der Waals surface area (Å²) in [5.41, 5.74) is 1.26. The molecule has 0 spiro atoms. The van der Waals surface area contributed by atoms with Crippen molar-refractivity contribution in [1.29, 1.82) is 0 Å². The van der Waals surface area contributed by atoms with E-state index in [0.717, 1.165) is 21.2 Å². The second-order valence-corrected chi connectivity index (χ2v) is 10.8. The van der Waals surface area contributed by atoms with Gasteiger partial charge >= 0.3 is 4.87 Å². The Morgan fingerprint density at radius 2 is 1.79 bits per heavy atom. The number of anilines is 2. The molecule has 0 saturated carbocycles. The highest BCUT2D eigenvalue weighted by Gasteiger charge is 2.29. The van der Waals surface area contributed by atoms with Gasteiger partial charge in [0, 0.05) is 17.8 Å². The number of aryl methyl sites for hydroxylation is 1. The third-order valence-electron chi connectivity index (χ3n) is 4.87. The van der Waals surface area contributed by atoms with Gasteiger partial charge in [-0.3, -0.25) is 13.9 Å². The average molecular weight is 522 g/mol. The second-order valence-electron chi connectivity index (χ2n) is 7.08. The van der Waals surface area contributed by atoms with Gasteiger partial charge in [0.2, 0.25) is 5.91 Å². The summed E-state index contributed by atoms with van der Waals surface area (Å²) in [6.45, 7) is -0.541. The Balaban J connectivity index is 1.68. The molecule has 33 heavy (non-hydrogen) atoms. The number of aromatic nitrogens is 1. The molecule has 0 saturated heterocycles. The van der Waals surface area contributed by atoms with Crippen LogP contribution in [0.15, 0.2) is 76.4 Å². The Kier molecular flexibility index (Phi) is 6.49. The van der Waals surface area contributed by atoms with E-state index >= 15 is 0 Å². The van der Waals surface area contributed by atoms with Crippen LogP contribution in [0.2, 0.25) is 10.0 Å². The molecule has 1 amide bonds. The van der Waals surface area contributed by atoms with Gasteiger partial charge in [-0.15, -0.1) is 0 Å². The van der Waals surface area contributed by atoms with Crippen LogP contribution in [0.5, 0.6) is 0 Å². The van der Waals surface area contributed by atoms with Crippen LogP contribution in [-0.4, -0.2) is 25.4 Å². The summed E-state index contributed by atoms with van der Waals surface area (Å²) in [6.07, 6.45) is 0. The highest BCUT2D eigenvalue weighted by Crippen LogP contribution is 2.33. The van der Waals surface area contributed by atoms with Crippen molar-refractivity contribution in [1.82, 2.24) is 4.57 Å². The van der Waals surface area contributed by atoms with Gasteiger partial charge in [-0.05, 0) is 48.5 Å². The maximum atomic E-state index is 13.4. The SMILES string of the molecule is Cn1c(=O)sc2cc(NC(=O)CN(c3cc(Cl)ccc3Cl)S(=O)(=O)c3ccccc3)ccc21. The van der Waals surface area contributed by atoms with Crippen molar-refractivity contribution in [3.05, 3.63) is 86.4 Å². The van der Waals surface area contributed by atoms with Crippen LogP contribution in [0.3, 0.4) is 0 Å². The molecular weight excluding hydrogens is 505 g/mol. The minimum Gasteiger partial charge on any atom is -0.324 e. The van der Waals surface area contributed by atoms with Gasteiger partial charge in [0.05, 0.1) is 25.8 Å². The van der Waals surface area contributed by atoms with Crippen molar-refractivity contribution >= 4 is 72.1 Å². The number of nitrogens with zero attached hydrogens (tertiary/aromatic N) is 2. The van der Waals surface area contributed by atoms with E-state index in [2.05, 4.69) is 5.32 Å². The summed E-state index contributed by atoms with van der Waals surface area (Å²) >= 11 is 13.4. The Hall–Kier alpha value is -2.85. The molecule has 1 heterocycles. The lowest BCUT2D eigenvalue weighted by Crippen LogP contribution is -2.38. The number of hydrogen-bond donors (Lipinski definition) is 1. The monoisotopic (exact) mass is 521 g/mol. The molecule has 0 atom stereocenters. The van der Waals surface area contributed by atoms with Crippen molar-refractivity contribution < 1.29 is 13.2 Å². The molecule has 0 bridgehead atoms. The molecule has 0 aliphatic rings. The molecule has 0 unspecified atom stereocenters. The molecule has 1 N–H and O–H groups in total. The molecular formula is C22H17Cl2N3O4S2. The van der Waals surface area contributed by atoms with Crippen LogP contribution in [0.4, 0.5) is 11.4 Å². The normalized spacial score (nSPS) is 11.5. The molecule has 11 heteroatoms. The fourth-order valence-corrected chi connectivity index (χ4v) is 6.05. The first-order valence-corrected chi connectivity index (χ1v) is 12.6. The summed E-state index contributed by atoms with van der Waals surface area (Å²) in [5, 5.41) is 3.09. The van der Waals surface area contributed by atoms with Crippen LogP contribution in [-0.2, 0) is 21.9 Å². The van der Waals surface area contributed by atoms with Crippen molar-refractivity contribution in [2.24, 2.45) is 7.05 Å². The number of carbonyl (C=O) groups excluding carboxylic acids is 1. The van der Waals surface area contributed by atoms with Crippen LogP contribution in [0.25, 0.3) is 10.2 Å². The van der Waals surface area contributed by atoms with E-state index in [1.165, 1.54) is 34.9 Å². The van der Waals surface area contributed by atoms with Gasteiger partial charge in [0.1, 0.15) is 6.54 Å². The van der Waals surface area contributed by atoms with Crippen LogP contribution in [0, 0.1) is 0 Å². The minimum absolute atomic E-state index is 0.00400. The third-order valence-corrected chi connectivity index (χ3v) is 8.20. The third kappa shape index (κ3) is 4.77. The lowest BCUT2D eigenvalue weighted by Gasteiger charge is -2.25. The van der Waals surface area contributed by atoms with Gasteiger partial charge in [0.25, 0.3) is 10.0 Å². The number of hydrogen-bond acceptors (Lipinski definition) is 5. The van der Waals surface area contributed by atoms with E-state index in [9.17, 15) is 18.0 Å². The van der Waals surface area contributed by atoms with Gasteiger partial charge in [-0.1, -0.05) is 52.7 Å². The van der Waals surface area contributed by atoms with Crippen molar-refractivity contribution in [3.8, 4) is 0 Å². The fourth-order valence-electron chi connectivity index (χ4n) is 3.24. The smallest absolute Gasteiger partial charge is 0.307 e. The zero-order chi connectivity index (χ0) is 23.8. The summed E-state index contributed by atoms with van der Waals surface area (Å²) in [7, 11) is -2.46. The van der Waals surface area contributed by atoms with Gasteiger partial charge in [-0.25, -0.2) is 8.42 Å². The number of benzene rings is 3. The number of nitrogens with one attached hydrogen (secondary N) is 1. The summed E-state index contributed by atoms with van der Waals surface area (Å²) in [6, 6.07) is 17.2. The molecule has 170 valence electrons. The first kappa shape index (κ1) is 23.3. The lowest BCUT2D eigenvalue weighted by atomic mass is 10.3. The lowest BCUT2D eigenvalue weighted by molar-refractivity contribution is -0.114. The first-order chi connectivity index (χ1) is 15.7. The van der Waals surface area contributed by atoms with Gasteiger partial charge in [0.15, 0.2) is 0 Å². The highest BCUT2D eigenvalue weighted by atomic mass is 35.5. The molecule has 3 aromatic carbocycles. The number of rotatable bonds is 6. The van der Waals surface area contributed by atoms with E-state index in [-0.39, 0.29) is 25.5 Å². The molecule has 7 nitrogen and oxygen atoms in total. The van der Waals surface area contributed by atoms with E-state index in [1.807, 2.05) is 0 Å². The fraction of sp³-hybridized carbons (Fsp3) is 0.0909. The largest absolute Gasteiger partial charge is 0.324 e. The van der Waals surface area contributed by atoms with Gasteiger partial charge < -0.3 is 9.88 Å². The zero-order valence-electron chi connectivity index (χ0n) is 17.2. The van der Waals surface area contributed by atoms with Crippen molar-refractivity contribution in [3.63, 3.8) is 0 Å². The standard InChI is InChI=1S/C22H17Cl2N3O4S2/c1-26-18-10-8-15(12-20(18)32-22(26)29)25-21(28)13-27(19-11-14(23)7-9-17(19)24)33(30,31)16-5-3-2-4-6-16/h2-12H,13H2,1H3,(H,25,28). The van der Waals surface area contributed by atoms with Crippen LogP contribution >= 0.6 is 34.5 Å². The van der Waals surface area contributed by atoms with Crippen molar-refractivity contribution in [2.75, 3.05) is 16.2 Å².